The molecule has 0 amide bonds. The Labute approximate surface area is 86.1 Å². The van der Waals surface area contributed by atoms with Crippen molar-refractivity contribution in [1.29, 1.82) is 0 Å². The van der Waals surface area contributed by atoms with E-state index in [-0.39, 0.29) is 0 Å². The lowest BCUT2D eigenvalue weighted by Crippen LogP contribution is -1.89. The van der Waals surface area contributed by atoms with E-state index in [0.717, 1.165) is 11.6 Å². The molecule has 0 bridgehead atoms. The largest absolute Gasteiger partial charge is 0.478 e. The molecule has 1 rings (SSSR count). The standard InChI is InChI=1S/C9H10N2O2S/c1-7-5-10-9(11-6-7)14-4-2-3-8(12)13/h2-3,5-6H,4H2,1H3,(H,12,13). The lowest BCUT2D eigenvalue weighted by molar-refractivity contribution is -0.131. The summed E-state index contributed by atoms with van der Waals surface area (Å²) in [5.41, 5.74) is 1.01. The molecule has 1 aromatic rings. The zero-order chi connectivity index (χ0) is 10.4. The third-order valence-corrected chi connectivity index (χ3v) is 2.15. The number of carboxylic acid groups (broad SMARTS) is 1. The molecule has 4 nitrogen and oxygen atoms in total. The van der Waals surface area contributed by atoms with Gasteiger partial charge in [-0.15, -0.1) is 0 Å². The van der Waals surface area contributed by atoms with Gasteiger partial charge < -0.3 is 5.11 Å². The van der Waals surface area contributed by atoms with Crippen molar-refractivity contribution in [1.82, 2.24) is 9.97 Å². The molecule has 1 N–H and O–H groups in total. The zero-order valence-electron chi connectivity index (χ0n) is 7.67. The Morgan fingerprint density at radius 1 is 1.57 bits per heavy atom. The minimum atomic E-state index is -0.935. The van der Waals surface area contributed by atoms with Gasteiger partial charge in [0.05, 0.1) is 0 Å². The van der Waals surface area contributed by atoms with E-state index in [1.165, 1.54) is 11.8 Å². The molecule has 0 radical (unpaired) electrons. The summed E-state index contributed by atoms with van der Waals surface area (Å²) >= 11 is 1.40. The van der Waals surface area contributed by atoms with Gasteiger partial charge in [-0.05, 0) is 12.5 Å². The van der Waals surface area contributed by atoms with Crippen LogP contribution in [0.5, 0.6) is 0 Å². The van der Waals surface area contributed by atoms with Crippen LogP contribution in [0.25, 0.3) is 0 Å². The van der Waals surface area contributed by atoms with E-state index in [9.17, 15) is 4.79 Å². The summed E-state index contributed by atoms with van der Waals surface area (Å²) in [5.74, 6) is -0.370. The molecule has 74 valence electrons. The Hall–Kier alpha value is -1.36. The molecular formula is C9H10N2O2S. The van der Waals surface area contributed by atoms with Crippen molar-refractivity contribution in [3.8, 4) is 0 Å². The molecule has 0 saturated carbocycles. The van der Waals surface area contributed by atoms with Gasteiger partial charge in [0.2, 0.25) is 0 Å². The molecule has 0 saturated heterocycles. The first-order valence-electron chi connectivity index (χ1n) is 3.99. The van der Waals surface area contributed by atoms with Crippen LogP contribution in [0.15, 0.2) is 29.7 Å². The summed E-state index contributed by atoms with van der Waals surface area (Å²) in [7, 11) is 0. The number of aromatic nitrogens is 2. The summed E-state index contributed by atoms with van der Waals surface area (Å²) in [6.07, 6.45) is 6.14. The third kappa shape index (κ3) is 4.04. The molecule has 0 aromatic carbocycles. The molecule has 0 spiro atoms. The quantitative estimate of drug-likeness (QED) is 0.463. The van der Waals surface area contributed by atoms with Crippen molar-refractivity contribution in [3.63, 3.8) is 0 Å². The Morgan fingerprint density at radius 2 is 2.21 bits per heavy atom. The van der Waals surface area contributed by atoms with Crippen LogP contribution in [0.3, 0.4) is 0 Å². The first-order chi connectivity index (χ1) is 6.68. The first-order valence-corrected chi connectivity index (χ1v) is 4.98. The predicted molar refractivity (Wildman–Crippen MR) is 54.3 cm³/mol. The molecule has 14 heavy (non-hydrogen) atoms. The van der Waals surface area contributed by atoms with E-state index in [0.29, 0.717) is 10.9 Å². The highest BCUT2D eigenvalue weighted by atomic mass is 32.2. The highest BCUT2D eigenvalue weighted by Gasteiger charge is 1.94. The number of hydrogen-bond donors (Lipinski definition) is 1. The Balaban J connectivity index is 2.39. The molecule has 5 heteroatoms. The zero-order valence-corrected chi connectivity index (χ0v) is 8.49. The van der Waals surface area contributed by atoms with Crippen LogP contribution in [0.4, 0.5) is 0 Å². The SMILES string of the molecule is Cc1cnc(SCC=CC(=O)O)nc1. The maximum absolute atomic E-state index is 10.1. The fourth-order valence-electron chi connectivity index (χ4n) is 0.727. The molecule has 1 aromatic heterocycles. The molecule has 0 unspecified atom stereocenters. The van der Waals surface area contributed by atoms with Gasteiger partial charge in [0, 0.05) is 24.2 Å². The summed E-state index contributed by atoms with van der Waals surface area (Å²) in [5, 5.41) is 8.98. The lowest BCUT2D eigenvalue weighted by Gasteiger charge is -1.95. The summed E-state index contributed by atoms with van der Waals surface area (Å²) in [6.45, 7) is 1.92. The van der Waals surface area contributed by atoms with Crippen molar-refractivity contribution in [2.45, 2.75) is 12.1 Å². The molecule has 0 aliphatic carbocycles. The van der Waals surface area contributed by atoms with Crippen LogP contribution >= 0.6 is 11.8 Å². The summed E-state index contributed by atoms with van der Waals surface area (Å²) < 4.78 is 0. The number of carboxylic acids is 1. The van der Waals surface area contributed by atoms with E-state index in [2.05, 4.69) is 9.97 Å². The van der Waals surface area contributed by atoms with Crippen molar-refractivity contribution in [2.75, 3.05) is 5.75 Å². The van der Waals surface area contributed by atoms with Crippen LogP contribution in [-0.2, 0) is 4.79 Å². The second-order valence-corrected chi connectivity index (χ2v) is 3.58. The Bertz CT molecular complexity index is 335. The minimum Gasteiger partial charge on any atom is -0.478 e. The van der Waals surface area contributed by atoms with E-state index in [1.807, 2.05) is 6.92 Å². The average Bonchev–Trinajstić information content (AvgIpc) is 2.15. The maximum Gasteiger partial charge on any atom is 0.328 e. The first kappa shape index (κ1) is 10.7. The molecular weight excluding hydrogens is 200 g/mol. The molecule has 0 aliphatic rings. The van der Waals surface area contributed by atoms with Gasteiger partial charge >= 0.3 is 5.97 Å². The average molecular weight is 210 g/mol. The minimum absolute atomic E-state index is 0.565. The summed E-state index contributed by atoms with van der Waals surface area (Å²) in [4.78, 5) is 18.3. The van der Waals surface area contributed by atoms with E-state index in [1.54, 1.807) is 18.5 Å². The second-order valence-electron chi connectivity index (χ2n) is 2.59. The van der Waals surface area contributed by atoms with Crippen LogP contribution in [0.2, 0.25) is 0 Å². The number of rotatable bonds is 4. The molecule has 0 atom stereocenters. The van der Waals surface area contributed by atoms with Crippen LogP contribution in [0, 0.1) is 6.92 Å². The Kier molecular flexibility index (Phi) is 4.12. The van der Waals surface area contributed by atoms with Crippen LogP contribution in [-0.4, -0.2) is 26.8 Å². The van der Waals surface area contributed by atoms with E-state index in [4.69, 9.17) is 5.11 Å². The monoisotopic (exact) mass is 210 g/mol. The number of nitrogens with zero attached hydrogens (tertiary/aromatic N) is 2. The van der Waals surface area contributed by atoms with Gasteiger partial charge in [-0.1, -0.05) is 17.8 Å². The third-order valence-electron chi connectivity index (χ3n) is 1.33. The Morgan fingerprint density at radius 3 is 2.79 bits per heavy atom. The smallest absolute Gasteiger partial charge is 0.328 e. The molecule has 0 aliphatic heterocycles. The summed E-state index contributed by atoms with van der Waals surface area (Å²) in [6, 6.07) is 0. The van der Waals surface area contributed by atoms with Crippen LogP contribution in [0.1, 0.15) is 5.56 Å². The maximum atomic E-state index is 10.1. The van der Waals surface area contributed by atoms with Crippen molar-refractivity contribution >= 4 is 17.7 Å². The van der Waals surface area contributed by atoms with E-state index < -0.39 is 5.97 Å². The predicted octanol–water partition coefficient (Wildman–Crippen LogP) is 1.52. The van der Waals surface area contributed by atoms with Crippen molar-refractivity contribution in [2.24, 2.45) is 0 Å². The van der Waals surface area contributed by atoms with E-state index >= 15 is 0 Å². The number of aryl methyl sites for hydroxylation is 1. The normalized spacial score (nSPS) is 10.6. The number of aliphatic carboxylic acids is 1. The number of thioether (sulfide) groups is 1. The number of hydrogen-bond acceptors (Lipinski definition) is 4. The van der Waals surface area contributed by atoms with Crippen molar-refractivity contribution < 1.29 is 9.90 Å². The van der Waals surface area contributed by atoms with Gasteiger partial charge in [-0.2, -0.15) is 0 Å². The van der Waals surface area contributed by atoms with Gasteiger partial charge in [-0.25, -0.2) is 14.8 Å². The van der Waals surface area contributed by atoms with Crippen LogP contribution < -0.4 is 0 Å². The highest BCUT2D eigenvalue weighted by molar-refractivity contribution is 7.99. The molecule has 0 fully saturated rings. The van der Waals surface area contributed by atoms with Crippen molar-refractivity contribution in [3.05, 3.63) is 30.1 Å². The fourth-order valence-corrected chi connectivity index (χ4v) is 1.32. The topological polar surface area (TPSA) is 63.1 Å². The highest BCUT2D eigenvalue weighted by Crippen LogP contribution is 2.11. The molecule has 1 heterocycles. The fraction of sp³-hybridized carbons (Fsp3) is 0.222. The van der Waals surface area contributed by atoms with Gasteiger partial charge in [0.25, 0.3) is 0 Å². The van der Waals surface area contributed by atoms with Gasteiger partial charge in [0.15, 0.2) is 5.16 Å². The van der Waals surface area contributed by atoms with Gasteiger partial charge in [-0.3, -0.25) is 0 Å². The van der Waals surface area contributed by atoms with Gasteiger partial charge in [0.1, 0.15) is 0 Å². The lowest BCUT2D eigenvalue weighted by atomic mass is 10.4. The number of carbonyl (C=O) groups is 1. The second kappa shape index (κ2) is 5.39.